The number of ether oxygens (including phenoxy) is 2. The third-order valence-corrected chi connectivity index (χ3v) is 7.30. The van der Waals surface area contributed by atoms with E-state index in [2.05, 4.69) is 5.32 Å². The molecular weight excluding hydrogens is 400 g/mol. The fraction of sp³-hybridized carbons (Fsp3) is 0.556. The number of carbonyl (C=O) groups is 2. The van der Waals surface area contributed by atoms with Gasteiger partial charge >= 0.3 is 6.03 Å². The molecule has 4 rings (SSSR count). The van der Waals surface area contributed by atoms with Crippen LogP contribution in [-0.4, -0.2) is 87.1 Å². The van der Waals surface area contributed by atoms with E-state index in [-0.39, 0.29) is 30.3 Å². The van der Waals surface area contributed by atoms with Gasteiger partial charge in [0.05, 0.1) is 30.7 Å². The van der Waals surface area contributed by atoms with Gasteiger partial charge in [-0.3, -0.25) is 14.6 Å². The summed E-state index contributed by atoms with van der Waals surface area (Å²) in [6.07, 6.45) is 0.514. The number of hydrogen-bond acceptors (Lipinski definition) is 7. The third kappa shape index (κ3) is 3.89. The first-order chi connectivity index (χ1) is 13.9. The molecule has 1 atom stereocenters. The smallest absolute Gasteiger partial charge is 0.325 e. The average molecular weight is 424 g/mol. The molecule has 0 aromatic heterocycles. The standard InChI is InChI=1S/C18H24N4O6S/c1-20-17(23)12-16(19-18(20)24)21-5-7-22(8-6-21)29(25,26)13-3-4-14-15(11-13)28-10-2-9-27-14/h3-4,11,16H,2,5-10,12H2,1H3,(H,19,24). The lowest BCUT2D eigenvalue weighted by Gasteiger charge is -2.41. The second-order valence-corrected chi connectivity index (χ2v) is 9.16. The highest BCUT2D eigenvalue weighted by Gasteiger charge is 2.36. The van der Waals surface area contributed by atoms with E-state index in [1.165, 1.54) is 23.5 Å². The highest BCUT2D eigenvalue weighted by molar-refractivity contribution is 7.89. The van der Waals surface area contributed by atoms with E-state index < -0.39 is 22.2 Å². The molecular formula is C18H24N4O6S. The van der Waals surface area contributed by atoms with Gasteiger partial charge in [-0.05, 0) is 12.1 Å². The van der Waals surface area contributed by atoms with Crippen LogP contribution >= 0.6 is 0 Å². The lowest BCUT2D eigenvalue weighted by Crippen LogP contribution is -2.62. The summed E-state index contributed by atoms with van der Waals surface area (Å²) in [5, 5.41) is 2.79. The predicted molar refractivity (Wildman–Crippen MR) is 102 cm³/mol. The lowest BCUT2D eigenvalue weighted by atomic mass is 10.2. The predicted octanol–water partition coefficient (Wildman–Crippen LogP) is 0.0520. The molecule has 10 nitrogen and oxygen atoms in total. The molecule has 0 radical (unpaired) electrons. The molecule has 0 saturated carbocycles. The molecule has 2 saturated heterocycles. The maximum Gasteiger partial charge on any atom is 0.325 e. The Hall–Kier alpha value is -2.37. The zero-order valence-electron chi connectivity index (χ0n) is 16.2. The number of carbonyl (C=O) groups excluding carboxylic acids is 2. The first-order valence-electron chi connectivity index (χ1n) is 9.57. The Morgan fingerprint density at radius 2 is 1.72 bits per heavy atom. The van der Waals surface area contributed by atoms with Crippen LogP contribution < -0.4 is 14.8 Å². The fourth-order valence-electron chi connectivity index (χ4n) is 3.64. The number of amides is 3. The van der Waals surface area contributed by atoms with Crippen LogP contribution in [0.4, 0.5) is 4.79 Å². The summed E-state index contributed by atoms with van der Waals surface area (Å²) >= 11 is 0. The van der Waals surface area contributed by atoms with Gasteiger partial charge in [-0.1, -0.05) is 0 Å². The molecule has 1 aromatic rings. The van der Waals surface area contributed by atoms with Crippen molar-refractivity contribution in [1.29, 1.82) is 0 Å². The fourth-order valence-corrected chi connectivity index (χ4v) is 5.07. The molecule has 158 valence electrons. The van der Waals surface area contributed by atoms with E-state index in [4.69, 9.17) is 9.47 Å². The number of piperazine rings is 1. The SMILES string of the molecule is CN1C(=O)CC(N2CCN(S(=O)(=O)c3ccc4c(c3)OCCCO4)CC2)NC1=O. The average Bonchev–Trinajstić information content (AvgIpc) is 2.96. The van der Waals surface area contributed by atoms with Crippen molar-refractivity contribution in [2.75, 3.05) is 46.4 Å². The van der Waals surface area contributed by atoms with Crippen LogP contribution in [0.1, 0.15) is 12.8 Å². The molecule has 2 fully saturated rings. The number of benzene rings is 1. The molecule has 3 aliphatic rings. The second-order valence-electron chi connectivity index (χ2n) is 7.22. The number of rotatable bonds is 3. The Morgan fingerprint density at radius 1 is 1.03 bits per heavy atom. The number of urea groups is 1. The third-order valence-electron chi connectivity index (χ3n) is 5.41. The highest BCUT2D eigenvalue weighted by atomic mass is 32.2. The minimum atomic E-state index is -3.68. The van der Waals surface area contributed by atoms with E-state index >= 15 is 0 Å². The van der Waals surface area contributed by atoms with E-state index in [1.54, 1.807) is 6.07 Å². The van der Waals surface area contributed by atoms with Crippen molar-refractivity contribution in [2.45, 2.75) is 23.9 Å². The number of hydrogen-bond donors (Lipinski definition) is 1. The zero-order chi connectivity index (χ0) is 20.6. The Morgan fingerprint density at radius 3 is 2.41 bits per heavy atom. The topological polar surface area (TPSA) is 108 Å². The first kappa shape index (κ1) is 19.9. The summed E-state index contributed by atoms with van der Waals surface area (Å²) in [5.74, 6) is 0.740. The molecule has 3 amide bonds. The minimum absolute atomic E-state index is 0.165. The monoisotopic (exact) mass is 424 g/mol. The zero-order valence-corrected chi connectivity index (χ0v) is 17.0. The van der Waals surface area contributed by atoms with Crippen molar-refractivity contribution in [3.05, 3.63) is 18.2 Å². The molecule has 1 unspecified atom stereocenters. The highest BCUT2D eigenvalue weighted by Crippen LogP contribution is 2.33. The quantitative estimate of drug-likeness (QED) is 0.730. The molecule has 1 N–H and O–H groups in total. The Labute approximate surface area is 169 Å². The van der Waals surface area contributed by atoms with E-state index in [9.17, 15) is 18.0 Å². The summed E-state index contributed by atoms with van der Waals surface area (Å²) in [5.41, 5.74) is 0. The van der Waals surface area contributed by atoms with Crippen LogP contribution in [0.3, 0.4) is 0 Å². The van der Waals surface area contributed by atoms with Gasteiger partial charge in [-0.25, -0.2) is 13.2 Å². The molecule has 3 aliphatic heterocycles. The first-order valence-corrected chi connectivity index (χ1v) is 11.0. The summed E-state index contributed by atoms with van der Waals surface area (Å²) in [6.45, 7) is 2.41. The molecule has 11 heteroatoms. The van der Waals surface area contributed by atoms with Crippen LogP contribution in [0.2, 0.25) is 0 Å². The number of nitrogens with zero attached hydrogens (tertiary/aromatic N) is 3. The van der Waals surface area contributed by atoms with E-state index in [1.807, 2.05) is 4.90 Å². The number of sulfonamides is 1. The summed E-state index contributed by atoms with van der Waals surface area (Å²) in [7, 11) is -2.25. The number of nitrogens with one attached hydrogen (secondary N) is 1. The molecule has 3 heterocycles. The normalized spacial score (nSPS) is 24.2. The van der Waals surface area contributed by atoms with Crippen molar-refractivity contribution in [3.63, 3.8) is 0 Å². The Kier molecular flexibility index (Phi) is 5.36. The molecule has 1 aromatic carbocycles. The maximum atomic E-state index is 13.1. The van der Waals surface area contributed by atoms with Crippen LogP contribution in [0.15, 0.2) is 23.1 Å². The van der Waals surface area contributed by atoms with Crippen LogP contribution in [0.25, 0.3) is 0 Å². The number of fused-ring (bicyclic) bond motifs is 1. The van der Waals surface area contributed by atoms with Gasteiger partial charge in [0.2, 0.25) is 15.9 Å². The van der Waals surface area contributed by atoms with Crippen molar-refractivity contribution in [2.24, 2.45) is 0 Å². The van der Waals surface area contributed by atoms with E-state index in [0.717, 1.165) is 11.3 Å². The molecule has 0 aliphatic carbocycles. The van der Waals surface area contributed by atoms with Crippen molar-refractivity contribution in [3.8, 4) is 11.5 Å². The van der Waals surface area contributed by atoms with Gasteiger partial charge in [0.15, 0.2) is 11.5 Å². The van der Waals surface area contributed by atoms with Crippen molar-refractivity contribution >= 4 is 22.0 Å². The summed E-state index contributed by atoms with van der Waals surface area (Å²) in [6, 6.07) is 4.24. The van der Waals surface area contributed by atoms with Gasteiger partial charge in [-0.2, -0.15) is 4.31 Å². The van der Waals surface area contributed by atoms with E-state index in [0.29, 0.717) is 37.8 Å². The minimum Gasteiger partial charge on any atom is -0.490 e. The van der Waals surface area contributed by atoms with Crippen LogP contribution in [-0.2, 0) is 14.8 Å². The van der Waals surface area contributed by atoms with Crippen molar-refractivity contribution in [1.82, 2.24) is 19.4 Å². The molecule has 0 bridgehead atoms. The van der Waals surface area contributed by atoms with Gasteiger partial charge in [0.25, 0.3) is 0 Å². The van der Waals surface area contributed by atoms with Gasteiger partial charge in [0, 0.05) is 45.7 Å². The molecule has 0 spiro atoms. The van der Waals surface area contributed by atoms with Gasteiger partial charge in [-0.15, -0.1) is 0 Å². The maximum absolute atomic E-state index is 13.1. The largest absolute Gasteiger partial charge is 0.490 e. The Balaban J connectivity index is 1.43. The summed E-state index contributed by atoms with van der Waals surface area (Å²) < 4.78 is 38.7. The van der Waals surface area contributed by atoms with Crippen molar-refractivity contribution < 1.29 is 27.5 Å². The Bertz CT molecular complexity index is 895. The lowest BCUT2D eigenvalue weighted by molar-refractivity contribution is -0.130. The van der Waals surface area contributed by atoms with Gasteiger partial charge in [0.1, 0.15) is 0 Å². The van der Waals surface area contributed by atoms with Crippen LogP contribution in [0.5, 0.6) is 11.5 Å². The molecule has 29 heavy (non-hydrogen) atoms. The second kappa shape index (κ2) is 7.81. The summed E-state index contributed by atoms with van der Waals surface area (Å²) in [4.78, 5) is 26.9. The van der Waals surface area contributed by atoms with Crippen LogP contribution in [0, 0.1) is 0 Å². The van der Waals surface area contributed by atoms with Gasteiger partial charge < -0.3 is 14.8 Å². The number of imide groups is 1.